The normalized spacial score (nSPS) is 12.7. The fraction of sp³-hybridized carbons (Fsp3) is 0.273. The van der Waals surface area contributed by atoms with Crippen LogP contribution in [0.2, 0.25) is 5.02 Å². The molecule has 0 saturated carbocycles. The molecule has 0 amide bonds. The van der Waals surface area contributed by atoms with E-state index in [-0.39, 0.29) is 0 Å². The summed E-state index contributed by atoms with van der Waals surface area (Å²) in [7, 11) is 1.83. The van der Waals surface area contributed by atoms with Crippen LogP contribution < -0.4 is 0 Å². The molecular weight excluding hydrogens is 258 g/mol. The third kappa shape index (κ3) is 2.80. The molecule has 17 heavy (non-hydrogen) atoms. The molecule has 0 bridgehead atoms. The summed E-state index contributed by atoms with van der Waals surface area (Å²) in [6, 6.07) is 5.56. The number of hydrogen-bond acceptors (Lipinski definition) is 4. The standard InChI is InChI=1S/C11H12ClN3OS/c1-7(16)9-4-3-8(5-10(9)12)17-11-13-6-14-15(11)2/h3-7,16H,1-2H3. The highest BCUT2D eigenvalue weighted by Crippen LogP contribution is 2.31. The molecule has 4 nitrogen and oxygen atoms in total. The molecule has 6 heteroatoms. The van der Waals surface area contributed by atoms with Crippen LogP contribution in [0.3, 0.4) is 0 Å². The lowest BCUT2D eigenvalue weighted by molar-refractivity contribution is 0.199. The summed E-state index contributed by atoms with van der Waals surface area (Å²) < 4.78 is 1.70. The SMILES string of the molecule is CC(O)c1ccc(Sc2ncnn2C)cc1Cl. The van der Waals surface area contributed by atoms with Gasteiger partial charge in [-0.3, -0.25) is 0 Å². The molecule has 1 atom stereocenters. The fourth-order valence-corrected chi connectivity index (χ4v) is 2.60. The van der Waals surface area contributed by atoms with Crippen LogP contribution in [0.5, 0.6) is 0 Å². The Morgan fingerprint density at radius 1 is 1.47 bits per heavy atom. The monoisotopic (exact) mass is 269 g/mol. The van der Waals surface area contributed by atoms with E-state index in [1.54, 1.807) is 11.6 Å². The second-order valence-electron chi connectivity index (χ2n) is 3.63. The topological polar surface area (TPSA) is 50.9 Å². The van der Waals surface area contributed by atoms with Gasteiger partial charge in [0.15, 0.2) is 5.16 Å². The van der Waals surface area contributed by atoms with Gasteiger partial charge in [-0.2, -0.15) is 5.10 Å². The summed E-state index contributed by atoms with van der Waals surface area (Å²) in [5.74, 6) is 0. The summed E-state index contributed by atoms with van der Waals surface area (Å²) >= 11 is 7.57. The predicted octanol–water partition coefficient (Wildman–Crippen LogP) is 2.67. The Hall–Kier alpha value is -1.04. The van der Waals surface area contributed by atoms with E-state index in [0.29, 0.717) is 5.02 Å². The molecule has 0 spiro atoms. The van der Waals surface area contributed by atoms with E-state index in [1.807, 2.05) is 25.2 Å². The van der Waals surface area contributed by atoms with Gasteiger partial charge in [-0.1, -0.05) is 29.4 Å². The number of aliphatic hydroxyl groups excluding tert-OH is 1. The van der Waals surface area contributed by atoms with Crippen molar-refractivity contribution in [2.75, 3.05) is 0 Å². The van der Waals surface area contributed by atoms with Crippen LogP contribution in [0.4, 0.5) is 0 Å². The number of hydrogen-bond donors (Lipinski definition) is 1. The van der Waals surface area contributed by atoms with E-state index < -0.39 is 6.10 Å². The molecule has 1 aromatic heterocycles. The number of aliphatic hydroxyl groups is 1. The first-order valence-corrected chi connectivity index (χ1v) is 6.26. The Kier molecular flexibility index (Phi) is 3.71. The van der Waals surface area contributed by atoms with E-state index in [4.69, 9.17) is 11.6 Å². The maximum atomic E-state index is 9.48. The number of halogens is 1. The van der Waals surface area contributed by atoms with Crippen molar-refractivity contribution in [1.82, 2.24) is 14.8 Å². The second-order valence-corrected chi connectivity index (χ2v) is 5.08. The minimum absolute atomic E-state index is 0.559. The molecule has 2 rings (SSSR count). The van der Waals surface area contributed by atoms with Crippen LogP contribution in [0.15, 0.2) is 34.6 Å². The van der Waals surface area contributed by atoms with E-state index >= 15 is 0 Å². The average molecular weight is 270 g/mol. The van der Waals surface area contributed by atoms with Crippen molar-refractivity contribution in [2.45, 2.75) is 23.1 Å². The Balaban J connectivity index is 2.24. The van der Waals surface area contributed by atoms with Crippen LogP contribution in [-0.2, 0) is 7.05 Å². The number of aromatic nitrogens is 3. The lowest BCUT2D eigenvalue weighted by atomic mass is 10.1. The molecule has 1 aromatic carbocycles. The minimum Gasteiger partial charge on any atom is -0.389 e. The Bertz CT molecular complexity index is 527. The van der Waals surface area contributed by atoms with Crippen molar-refractivity contribution in [3.05, 3.63) is 35.1 Å². The first-order chi connectivity index (χ1) is 8.08. The molecule has 0 aliphatic rings. The molecule has 0 aliphatic carbocycles. The zero-order valence-corrected chi connectivity index (χ0v) is 11.0. The predicted molar refractivity (Wildman–Crippen MR) is 67.2 cm³/mol. The highest BCUT2D eigenvalue weighted by atomic mass is 35.5. The average Bonchev–Trinajstić information content (AvgIpc) is 2.64. The van der Waals surface area contributed by atoms with E-state index in [1.165, 1.54) is 18.1 Å². The number of benzene rings is 1. The van der Waals surface area contributed by atoms with E-state index in [2.05, 4.69) is 10.1 Å². The van der Waals surface area contributed by atoms with Gasteiger partial charge in [-0.15, -0.1) is 0 Å². The van der Waals surface area contributed by atoms with Gasteiger partial charge in [-0.25, -0.2) is 9.67 Å². The van der Waals surface area contributed by atoms with Gasteiger partial charge < -0.3 is 5.11 Å². The quantitative estimate of drug-likeness (QED) is 0.931. The van der Waals surface area contributed by atoms with Crippen molar-refractivity contribution in [3.63, 3.8) is 0 Å². The van der Waals surface area contributed by atoms with E-state index in [9.17, 15) is 5.11 Å². The first-order valence-electron chi connectivity index (χ1n) is 5.07. The van der Waals surface area contributed by atoms with Gasteiger partial charge >= 0.3 is 0 Å². The third-order valence-corrected chi connectivity index (χ3v) is 3.67. The molecule has 1 heterocycles. The molecule has 0 aliphatic heterocycles. The van der Waals surface area contributed by atoms with Crippen LogP contribution in [0.1, 0.15) is 18.6 Å². The van der Waals surface area contributed by atoms with Gasteiger partial charge in [0.2, 0.25) is 0 Å². The molecule has 2 aromatic rings. The number of aryl methyl sites for hydroxylation is 1. The molecule has 0 radical (unpaired) electrons. The molecule has 1 N–H and O–H groups in total. The maximum Gasteiger partial charge on any atom is 0.190 e. The van der Waals surface area contributed by atoms with Crippen molar-refractivity contribution in [3.8, 4) is 0 Å². The van der Waals surface area contributed by atoms with Crippen molar-refractivity contribution >= 4 is 23.4 Å². The lowest BCUT2D eigenvalue weighted by Gasteiger charge is -2.08. The zero-order valence-electron chi connectivity index (χ0n) is 9.46. The van der Waals surface area contributed by atoms with Gasteiger partial charge in [0.05, 0.1) is 6.10 Å². The number of rotatable bonds is 3. The Labute approximate surface area is 109 Å². The number of nitrogens with zero attached hydrogens (tertiary/aromatic N) is 3. The van der Waals surface area contributed by atoms with Crippen LogP contribution in [-0.4, -0.2) is 19.9 Å². The van der Waals surface area contributed by atoms with Crippen LogP contribution in [0, 0.1) is 0 Å². The fourth-order valence-electron chi connectivity index (χ4n) is 1.39. The van der Waals surface area contributed by atoms with Crippen molar-refractivity contribution < 1.29 is 5.11 Å². The van der Waals surface area contributed by atoms with Crippen LogP contribution >= 0.6 is 23.4 Å². The summed E-state index contributed by atoms with van der Waals surface area (Å²) in [5.41, 5.74) is 0.731. The van der Waals surface area contributed by atoms with Crippen molar-refractivity contribution in [2.24, 2.45) is 7.05 Å². The van der Waals surface area contributed by atoms with Gasteiger partial charge in [0.25, 0.3) is 0 Å². The zero-order chi connectivity index (χ0) is 12.4. The van der Waals surface area contributed by atoms with Gasteiger partial charge in [0.1, 0.15) is 6.33 Å². The molecular formula is C11H12ClN3OS. The Morgan fingerprint density at radius 3 is 2.76 bits per heavy atom. The summed E-state index contributed by atoms with van der Waals surface area (Å²) in [4.78, 5) is 5.09. The van der Waals surface area contributed by atoms with Crippen molar-refractivity contribution in [1.29, 1.82) is 0 Å². The maximum absolute atomic E-state index is 9.48. The Morgan fingerprint density at radius 2 is 2.24 bits per heavy atom. The molecule has 0 fully saturated rings. The summed E-state index contributed by atoms with van der Waals surface area (Å²) in [5, 5.41) is 14.8. The second kappa shape index (κ2) is 5.08. The van der Waals surface area contributed by atoms with Gasteiger partial charge in [-0.05, 0) is 24.6 Å². The third-order valence-electron chi connectivity index (χ3n) is 2.30. The van der Waals surface area contributed by atoms with E-state index in [0.717, 1.165) is 15.6 Å². The highest BCUT2D eigenvalue weighted by Gasteiger charge is 2.09. The molecule has 0 saturated heterocycles. The minimum atomic E-state index is -0.559. The van der Waals surface area contributed by atoms with Crippen LogP contribution in [0.25, 0.3) is 0 Å². The first kappa shape index (κ1) is 12.4. The van der Waals surface area contributed by atoms with Gasteiger partial charge in [0, 0.05) is 17.0 Å². The largest absolute Gasteiger partial charge is 0.389 e. The summed E-state index contributed by atoms with van der Waals surface area (Å²) in [6.45, 7) is 1.69. The smallest absolute Gasteiger partial charge is 0.190 e. The lowest BCUT2D eigenvalue weighted by Crippen LogP contribution is -1.94. The molecule has 90 valence electrons. The summed E-state index contributed by atoms with van der Waals surface area (Å²) in [6.07, 6.45) is 0.949. The molecule has 1 unspecified atom stereocenters. The highest BCUT2D eigenvalue weighted by molar-refractivity contribution is 7.99.